The summed E-state index contributed by atoms with van der Waals surface area (Å²) in [5, 5.41) is 19.1. The van der Waals surface area contributed by atoms with E-state index in [1.165, 1.54) is 0 Å². The first-order valence-electron chi connectivity index (χ1n) is 10.3. The van der Waals surface area contributed by atoms with Crippen molar-refractivity contribution in [3.8, 4) is 5.75 Å². The summed E-state index contributed by atoms with van der Waals surface area (Å²) in [7, 11) is 0. The Labute approximate surface area is 181 Å². The first kappa shape index (κ1) is 23.7. The Morgan fingerprint density at radius 2 is 2.07 bits per heavy atom. The summed E-state index contributed by atoms with van der Waals surface area (Å²) >= 11 is 3.49. The normalized spacial score (nSPS) is 19.1. The molecule has 0 aliphatic carbocycles. The molecule has 1 aromatic carbocycles. The van der Waals surface area contributed by atoms with Crippen LogP contribution in [0.4, 0.5) is 4.79 Å². The lowest BCUT2D eigenvalue weighted by Crippen LogP contribution is -2.43. The molecule has 162 valence electrons. The van der Waals surface area contributed by atoms with Crippen LogP contribution in [0.3, 0.4) is 0 Å². The summed E-state index contributed by atoms with van der Waals surface area (Å²) in [6.45, 7) is 5.11. The van der Waals surface area contributed by atoms with Gasteiger partial charge >= 0.3 is 6.09 Å². The molecule has 0 spiro atoms. The van der Waals surface area contributed by atoms with Crippen LogP contribution in [0.25, 0.3) is 0 Å². The van der Waals surface area contributed by atoms with E-state index in [-0.39, 0.29) is 25.3 Å². The number of aliphatic hydroxyl groups is 2. The molecule has 2 rings (SSSR count). The Morgan fingerprint density at radius 1 is 1.28 bits per heavy atom. The Kier molecular flexibility index (Phi) is 10.5. The summed E-state index contributed by atoms with van der Waals surface area (Å²) in [5.41, 5.74) is 0.878. The highest BCUT2D eigenvalue weighted by atomic mass is 79.9. The van der Waals surface area contributed by atoms with Crippen molar-refractivity contribution in [2.75, 3.05) is 26.4 Å². The maximum atomic E-state index is 12.7. The van der Waals surface area contributed by atoms with Crippen molar-refractivity contribution in [1.29, 1.82) is 0 Å². The van der Waals surface area contributed by atoms with Crippen molar-refractivity contribution in [3.05, 3.63) is 40.9 Å². The number of halogens is 1. The van der Waals surface area contributed by atoms with Gasteiger partial charge in [0.25, 0.3) is 0 Å². The third kappa shape index (κ3) is 7.64. The topological polar surface area (TPSA) is 79.2 Å². The van der Waals surface area contributed by atoms with Crippen LogP contribution in [0.15, 0.2) is 35.3 Å². The molecule has 1 fully saturated rings. The number of carbonyl (C=O) groups is 1. The largest absolute Gasteiger partial charge is 0.493 e. The van der Waals surface area contributed by atoms with Crippen LogP contribution in [0.1, 0.15) is 56.6 Å². The molecule has 6 nitrogen and oxygen atoms in total. The van der Waals surface area contributed by atoms with Crippen LogP contribution < -0.4 is 4.74 Å². The molecule has 1 unspecified atom stereocenters. The number of hydrogen-bond acceptors (Lipinski definition) is 5. The molecule has 1 saturated heterocycles. The molecule has 0 bridgehead atoms. The monoisotopic (exact) mass is 469 g/mol. The van der Waals surface area contributed by atoms with Gasteiger partial charge < -0.3 is 24.6 Å². The highest BCUT2D eigenvalue weighted by Gasteiger charge is 2.34. The zero-order valence-electron chi connectivity index (χ0n) is 16.9. The maximum absolute atomic E-state index is 12.7. The average molecular weight is 470 g/mol. The van der Waals surface area contributed by atoms with Crippen LogP contribution in [-0.4, -0.2) is 53.7 Å². The molecule has 0 saturated carbocycles. The van der Waals surface area contributed by atoms with Crippen LogP contribution in [-0.2, 0) is 4.74 Å². The smallest absolute Gasteiger partial charge is 0.410 e. The van der Waals surface area contributed by atoms with E-state index in [2.05, 4.69) is 22.5 Å². The summed E-state index contributed by atoms with van der Waals surface area (Å²) in [5.74, 6) is 0.718. The van der Waals surface area contributed by atoms with E-state index in [0.29, 0.717) is 38.8 Å². The lowest BCUT2D eigenvalue weighted by molar-refractivity contribution is 0.0269. The Hall–Kier alpha value is -1.57. The number of nitrogens with zero attached hydrogens (tertiary/aromatic N) is 1. The van der Waals surface area contributed by atoms with E-state index in [1.54, 1.807) is 4.90 Å². The van der Waals surface area contributed by atoms with Gasteiger partial charge in [-0.15, -0.1) is 6.58 Å². The number of hydrogen-bond donors (Lipinski definition) is 2. The Bertz CT molecular complexity index is 654. The summed E-state index contributed by atoms with van der Waals surface area (Å²) < 4.78 is 12.3. The van der Waals surface area contributed by atoms with Gasteiger partial charge in [-0.25, -0.2) is 4.79 Å². The summed E-state index contributed by atoms with van der Waals surface area (Å²) in [4.78, 5) is 14.3. The molecule has 7 heteroatoms. The van der Waals surface area contributed by atoms with Gasteiger partial charge in [0.15, 0.2) is 0 Å². The minimum absolute atomic E-state index is 0.0858. The van der Waals surface area contributed by atoms with E-state index >= 15 is 0 Å². The fourth-order valence-corrected chi connectivity index (χ4v) is 3.74. The number of benzene rings is 1. The number of aliphatic hydroxyl groups excluding tert-OH is 2. The van der Waals surface area contributed by atoms with Crippen LogP contribution in [0.2, 0.25) is 0 Å². The van der Waals surface area contributed by atoms with E-state index in [0.717, 1.165) is 35.0 Å². The molecule has 1 heterocycles. The predicted molar refractivity (Wildman–Crippen MR) is 116 cm³/mol. The molecule has 2 atom stereocenters. The van der Waals surface area contributed by atoms with Crippen molar-refractivity contribution >= 4 is 22.0 Å². The standard InChI is InChI=1S/C22H32BrNO5/c1-2-3-4-6-13-28-21-15-17(23)8-9-19(21)20-16-18(26)10-11-24(20)22(27)29-14-7-5-12-25/h2,8-9,15,18,20,25-26H,1,3-7,10-14,16H2/t18?,20-/m0/s1. The second kappa shape index (κ2) is 12.9. The molecular formula is C22H32BrNO5. The molecule has 1 aliphatic rings. The number of unbranched alkanes of at least 4 members (excludes halogenated alkanes) is 3. The van der Waals surface area contributed by atoms with Gasteiger partial charge in [-0.2, -0.15) is 0 Å². The first-order valence-corrected chi connectivity index (χ1v) is 11.1. The molecule has 1 amide bonds. The van der Waals surface area contributed by atoms with Crippen LogP contribution in [0.5, 0.6) is 5.75 Å². The van der Waals surface area contributed by atoms with Gasteiger partial charge in [-0.05, 0) is 57.1 Å². The van der Waals surface area contributed by atoms with Crippen molar-refractivity contribution in [1.82, 2.24) is 4.90 Å². The third-order valence-electron chi connectivity index (χ3n) is 4.98. The minimum atomic E-state index is -0.470. The number of rotatable bonds is 11. The van der Waals surface area contributed by atoms with E-state index < -0.39 is 6.10 Å². The molecular weight excluding hydrogens is 438 g/mol. The highest BCUT2D eigenvalue weighted by Crippen LogP contribution is 2.38. The molecule has 1 aliphatic heterocycles. The fourth-order valence-electron chi connectivity index (χ4n) is 3.40. The third-order valence-corrected chi connectivity index (χ3v) is 5.48. The summed E-state index contributed by atoms with van der Waals surface area (Å²) in [6.07, 6.45) is 6.13. The van der Waals surface area contributed by atoms with Crippen LogP contribution in [0, 0.1) is 0 Å². The van der Waals surface area contributed by atoms with Crippen molar-refractivity contribution in [3.63, 3.8) is 0 Å². The van der Waals surface area contributed by atoms with Crippen LogP contribution >= 0.6 is 15.9 Å². The van der Waals surface area contributed by atoms with Gasteiger partial charge in [-0.1, -0.05) is 28.1 Å². The lowest BCUT2D eigenvalue weighted by Gasteiger charge is -2.38. The minimum Gasteiger partial charge on any atom is -0.493 e. The summed E-state index contributed by atoms with van der Waals surface area (Å²) in [6, 6.07) is 5.47. The second-order valence-electron chi connectivity index (χ2n) is 7.25. The highest BCUT2D eigenvalue weighted by molar-refractivity contribution is 9.10. The SMILES string of the molecule is C=CCCCCOc1cc(Br)ccc1[C@@H]1CC(O)CCN1C(=O)OCCCCO. The molecule has 1 aromatic rings. The Balaban J connectivity index is 2.12. The fraction of sp³-hybridized carbons (Fsp3) is 0.591. The number of likely N-dealkylation sites (tertiary alicyclic amines) is 1. The van der Waals surface area contributed by atoms with Gasteiger partial charge in [0.1, 0.15) is 5.75 Å². The zero-order chi connectivity index (χ0) is 21.1. The lowest BCUT2D eigenvalue weighted by atomic mass is 9.93. The number of ether oxygens (including phenoxy) is 2. The van der Waals surface area contributed by atoms with E-state index in [9.17, 15) is 9.90 Å². The number of carbonyl (C=O) groups excluding carboxylic acids is 1. The van der Waals surface area contributed by atoms with E-state index in [4.69, 9.17) is 14.6 Å². The van der Waals surface area contributed by atoms with Gasteiger partial charge in [0.05, 0.1) is 25.4 Å². The van der Waals surface area contributed by atoms with Gasteiger partial charge in [0, 0.05) is 23.2 Å². The quantitative estimate of drug-likeness (QED) is 0.365. The zero-order valence-corrected chi connectivity index (χ0v) is 18.5. The number of piperidine rings is 1. The van der Waals surface area contributed by atoms with Gasteiger partial charge in [-0.3, -0.25) is 0 Å². The van der Waals surface area contributed by atoms with Crippen molar-refractivity contribution < 1.29 is 24.5 Å². The van der Waals surface area contributed by atoms with E-state index in [1.807, 2.05) is 24.3 Å². The average Bonchev–Trinajstić information content (AvgIpc) is 2.71. The number of allylic oxidation sites excluding steroid dienone is 1. The Morgan fingerprint density at radius 3 is 2.83 bits per heavy atom. The van der Waals surface area contributed by atoms with Crippen molar-refractivity contribution in [2.45, 2.75) is 57.1 Å². The molecule has 0 aromatic heterocycles. The van der Waals surface area contributed by atoms with Crippen molar-refractivity contribution in [2.24, 2.45) is 0 Å². The molecule has 0 radical (unpaired) electrons. The first-order chi connectivity index (χ1) is 14.1. The predicted octanol–water partition coefficient (Wildman–Crippen LogP) is 4.59. The number of amides is 1. The van der Waals surface area contributed by atoms with Gasteiger partial charge in [0.2, 0.25) is 0 Å². The maximum Gasteiger partial charge on any atom is 0.410 e. The molecule has 2 N–H and O–H groups in total. The molecule has 29 heavy (non-hydrogen) atoms. The second-order valence-corrected chi connectivity index (χ2v) is 8.16.